The van der Waals surface area contributed by atoms with Gasteiger partial charge in [-0.1, -0.05) is 188 Å². The van der Waals surface area contributed by atoms with Crippen molar-refractivity contribution in [3.05, 3.63) is 206 Å². The third kappa shape index (κ3) is 6.50. The molecule has 0 aliphatic rings. The van der Waals surface area contributed by atoms with Gasteiger partial charge in [-0.3, -0.25) is 0 Å². The molecule has 0 unspecified atom stereocenters. The fourth-order valence-electron chi connectivity index (χ4n) is 7.29. The molecule has 10 rings (SSSR count). The molecule has 0 aliphatic heterocycles. The van der Waals surface area contributed by atoms with E-state index in [2.05, 4.69) is 152 Å². The van der Waals surface area contributed by atoms with Crippen molar-refractivity contribution >= 4 is 21.8 Å². The van der Waals surface area contributed by atoms with E-state index in [1.54, 1.807) is 0 Å². The maximum absolute atomic E-state index is 5.15. The van der Waals surface area contributed by atoms with E-state index < -0.39 is 0 Å². The zero-order valence-corrected chi connectivity index (χ0v) is 30.4. The second-order valence-corrected chi connectivity index (χ2v) is 13.9. The molecule has 0 saturated heterocycles. The van der Waals surface area contributed by atoms with Crippen molar-refractivity contribution in [2.24, 2.45) is 0 Å². The number of hydrogen-bond acceptors (Lipinski definition) is 4. The Morgan fingerprint density at radius 3 is 0.929 bits per heavy atom. The van der Waals surface area contributed by atoms with Crippen LogP contribution in [0, 0.1) is 0 Å². The Kier molecular flexibility index (Phi) is 8.47. The predicted octanol–water partition coefficient (Wildman–Crippen LogP) is 13.2. The quantitative estimate of drug-likeness (QED) is 0.154. The molecule has 56 heavy (non-hydrogen) atoms. The molecule has 0 bridgehead atoms. The highest BCUT2D eigenvalue weighted by Gasteiger charge is 2.12. The molecule has 3 aromatic heterocycles. The summed E-state index contributed by atoms with van der Waals surface area (Å²) in [6, 6.07) is 71.6. The molecule has 10 aromatic rings. The van der Waals surface area contributed by atoms with Crippen LogP contribution in [0.3, 0.4) is 0 Å². The summed E-state index contributed by atoms with van der Waals surface area (Å²) in [6.45, 7) is 0. The SMILES string of the molecule is c1ccc(-c2cc(-c3ccc(-c4ccc(-c5ccc(-c6ccc7ccc8ccc(-c9ccccc9)nc8c7n6)cc5)cc4)cc3)nc(-c3ccccc3)n2)cc1. The summed E-state index contributed by atoms with van der Waals surface area (Å²) in [5.74, 6) is 0.715. The molecule has 0 fully saturated rings. The molecule has 0 aliphatic carbocycles. The van der Waals surface area contributed by atoms with Gasteiger partial charge >= 0.3 is 0 Å². The van der Waals surface area contributed by atoms with E-state index in [9.17, 15) is 0 Å². The van der Waals surface area contributed by atoms with Gasteiger partial charge in [-0.2, -0.15) is 0 Å². The van der Waals surface area contributed by atoms with Crippen molar-refractivity contribution in [2.75, 3.05) is 0 Å². The standard InChI is InChI=1S/C52H34N4/c1-4-10-39(11-5-1)46-32-30-43-28-29-44-31-33-47(54-51(44)50(43)53-46)41-24-20-37(21-25-41)35-16-18-36(19-17-35)38-22-26-42(27-23-38)49-34-48(40-12-6-2-7-13-40)55-52(56-49)45-14-8-3-9-15-45/h1-34H. The van der Waals surface area contributed by atoms with Gasteiger partial charge in [-0.05, 0) is 40.5 Å². The highest BCUT2D eigenvalue weighted by Crippen LogP contribution is 2.32. The fraction of sp³-hybridized carbons (Fsp3) is 0. The molecule has 4 nitrogen and oxygen atoms in total. The topological polar surface area (TPSA) is 51.6 Å². The van der Waals surface area contributed by atoms with Crippen LogP contribution in [0.2, 0.25) is 0 Å². The smallest absolute Gasteiger partial charge is 0.160 e. The van der Waals surface area contributed by atoms with Crippen molar-refractivity contribution in [3.63, 3.8) is 0 Å². The van der Waals surface area contributed by atoms with Gasteiger partial charge in [0.15, 0.2) is 5.82 Å². The minimum absolute atomic E-state index is 0.715. The van der Waals surface area contributed by atoms with Crippen molar-refractivity contribution in [1.29, 1.82) is 0 Å². The molecule has 0 N–H and O–H groups in total. The first kappa shape index (κ1) is 33.0. The van der Waals surface area contributed by atoms with Crippen molar-refractivity contribution in [3.8, 4) is 78.7 Å². The minimum Gasteiger partial charge on any atom is -0.245 e. The van der Waals surface area contributed by atoms with E-state index >= 15 is 0 Å². The Labute approximate surface area is 325 Å². The van der Waals surface area contributed by atoms with Gasteiger partial charge in [0.2, 0.25) is 0 Å². The van der Waals surface area contributed by atoms with Crippen molar-refractivity contribution in [2.45, 2.75) is 0 Å². The lowest BCUT2D eigenvalue weighted by Gasteiger charge is -2.10. The molecule has 4 heteroatoms. The highest BCUT2D eigenvalue weighted by atomic mass is 14.9. The van der Waals surface area contributed by atoms with E-state index in [0.717, 1.165) is 94.7 Å². The third-order valence-corrected chi connectivity index (χ3v) is 10.3. The average molecular weight is 715 g/mol. The van der Waals surface area contributed by atoms with Crippen molar-refractivity contribution in [1.82, 2.24) is 19.9 Å². The van der Waals surface area contributed by atoms with Crippen LogP contribution in [-0.4, -0.2) is 19.9 Å². The zero-order chi connectivity index (χ0) is 37.3. The Morgan fingerprint density at radius 1 is 0.214 bits per heavy atom. The van der Waals surface area contributed by atoms with Crippen LogP contribution >= 0.6 is 0 Å². The largest absolute Gasteiger partial charge is 0.245 e. The van der Waals surface area contributed by atoms with Crippen LogP contribution in [0.4, 0.5) is 0 Å². The Hall–Kier alpha value is -7.56. The number of hydrogen-bond donors (Lipinski definition) is 0. The average Bonchev–Trinajstić information content (AvgIpc) is 3.29. The third-order valence-electron chi connectivity index (χ3n) is 10.3. The normalized spacial score (nSPS) is 11.2. The molecule has 0 saturated carbocycles. The van der Waals surface area contributed by atoms with Crippen LogP contribution in [0.15, 0.2) is 206 Å². The summed E-state index contributed by atoms with van der Waals surface area (Å²) < 4.78 is 0. The molecule has 0 radical (unpaired) electrons. The number of aromatic nitrogens is 4. The Balaban J connectivity index is 0.898. The molecular weight excluding hydrogens is 681 g/mol. The first-order valence-electron chi connectivity index (χ1n) is 18.8. The van der Waals surface area contributed by atoms with Gasteiger partial charge in [0, 0.05) is 38.6 Å². The second kappa shape index (κ2) is 14.3. The molecule has 3 heterocycles. The van der Waals surface area contributed by atoms with Gasteiger partial charge in [-0.15, -0.1) is 0 Å². The van der Waals surface area contributed by atoms with E-state index in [-0.39, 0.29) is 0 Å². The molecule has 7 aromatic carbocycles. The summed E-state index contributed by atoms with van der Waals surface area (Å²) in [5.41, 5.74) is 15.4. The molecule has 0 amide bonds. The first-order valence-corrected chi connectivity index (χ1v) is 18.8. The van der Waals surface area contributed by atoms with Gasteiger partial charge in [0.1, 0.15) is 0 Å². The summed E-state index contributed by atoms with van der Waals surface area (Å²) in [7, 11) is 0. The van der Waals surface area contributed by atoms with E-state index in [1.807, 2.05) is 54.6 Å². The number of pyridine rings is 2. The molecule has 262 valence electrons. The van der Waals surface area contributed by atoms with Crippen LogP contribution in [0.5, 0.6) is 0 Å². The number of benzene rings is 7. The summed E-state index contributed by atoms with van der Waals surface area (Å²) in [6.07, 6.45) is 0. The highest BCUT2D eigenvalue weighted by molar-refractivity contribution is 6.04. The summed E-state index contributed by atoms with van der Waals surface area (Å²) in [4.78, 5) is 20.1. The minimum atomic E-state index is 0.715. The monoisotopic (exact) mass is 714 g/mol. The number of fused-ring (bicyclic) bond motifs is 3. The van der Waals surface area contributed by atoms with Crippen LogP contribution in [0.25, 0.3) is 100 Å². The predicted molar refractivity (Wildman–Crippen MR) is 231 cm³/mol. The Morgan fingerprint density at radius 2 is 0.518 bits per heavy atom. The molecular formula is C52H34N4. The van der Waals surface area contributed by atoms with E-state index in [4.69, 9.17) is 19.9 Å². The summed E-state index contributed by atoms with van der Waals surface area (Å²) in [5, 5.41) is 2.16. The van der Waals surface area contributed by atoms with E-state index in [0.29, 0.717) is 5.82 Å². The lowest BCUT2D eigenvalue weighted by atomic mass is 9.98. The van der Waals surface area contributed by atoms with Crippen LogP contribution < -0.4 is 0 Å². The second-order valence-electron chi connectivity index (χ2n) is 13.9. The maximum Gasteiger partial charge on any atom is 0.160 e. The first-order chi connectivity index (χ1) is 27.7. The van der Waals surface area contributed by atoms with Gasteiger partial charge < -0.3 is 0 Å². The number of nitrogens with zero attached hydrogens (tertiary/aromatic N) is 4. The lowest BCUT2D eigenvalue weighted by molar-refractivity contribution is 1.18. The van der Waals surface area contributed by atoms with Gasteiger partial charge in [0.25, 0.3) is 0 Å². The van der Waals surface area contributed by atoms with Gasteiger partial charge in [-0.25, -0.2) is 19.9 Å². The van der Waals surface area contributed by atoms with Crippen LogP contribution in [0.1, 0.15) is 0 Å². The fourth-order valence-corrected chi connectivity index (χ4v) is 7.29. The zero-order valence-electron chi connectivity index (χ0n) is 30.4. The molecule has 0 spiro atoms. The Bertz CT molecular complexity index is 2910. The molecule has 0 atom stereocenters. The maximum atomic E-state index is 5.15. The van der Waals surface area contributed by atoms with E-state index in [1.165, 1.54) is 0 Å². The number of rotatable bonds is 7. The summed E-state index contributed by atoms with van der Waals surface area (Å²) >= 11 is 0. The lowest BCUT2D eigenvalue weighted by Crippen LogP contribution is -1.95. The van der Waals surface area contributed by atoms with Gasteiger partial charge in [0.05, 0.1) is 33.8 Å². The van der Waals surface area contributed by atoms with Crippen LogP contribution in [-0.2, 0) is 0 Å². The van der Waals surface area contributed by atoms with Crippen molar-refractivity contribution < 1.29 is 0 Å².